The molecule has 2 atom stereocenters. The van der Waals surface area contributed by atoms with Gasteiger partial charge in [-0.2, -0.15) is 0 Å². The Hall–Kier alpha value is -0.650. The van der Waals surface area contributed by atoms with Gasteiger partial charge in [0.25, 0.3) is 0 Å². The molecule has 0 bridgehead atoms. The molecule has 98 valence electrons. The van der Waals surface area contributed by atoms with Crippen LogP contribution in [0, 0.1) is 0 Å². The van der Waals surface area contributed by atoms with Gasteiger partial charge in [-0.3, -0.25) is 4.79 Å². The highest BCUT2D eigenvalue weighted by Gasteiger charge is 2.31. The quantitative estimate of drug-likeness (QED) is 0.681. The van der Waals surface area contributed by atoms with Gasteiger partial charge in [-0.15, -0.1) is 0 Å². The SMILES string of the molecule is CN(C(=O)CCN1CCCC1)[C@H]1CNC[C@@H]1O. The van der Waals surface area contributed by atoms with E-state index >= 15 is 0 Å². The third kappa shape index (κ3) is 3.18. The van der Waals surface area contributed by atoms with Gasteiger partial charge in [0.05, 0.1) is 12.1 Å². The Kier molecular flexibility index (Phi) is 4.36. The zero-order valence-corrected chi connectivity index (χ0v) is 10.6. The summed E-state index contributed by atoms with van der Waals surface area (Å²) >= 11 is 0. The Morgan fingerprint density at radius 3 is 2.71 bits per heavy atom. The molecule has 2 saturated heterocycles. The van der Waals surface area contributed by atoms with Crippen molar-refractivity contribution in [2.45, 2.75) is 31.4 Å². The number of likely N-dealkylation sites (tertiary alicyclic amines) is 1. The van der Waals surface area contributed by atoms with Crippen LogP contribution in [0.3, 0.4) is 0 Å². The predicted molar refractivity (Wildman–Crippen MR) is 65.7 cm³/mol. The average molecular weight is 241 g/mol. The predicted octanol–water partition coefficient (Wildman–Crippen LogP) is -0.737. The van der Waals surface area contributed by atoms with Crippen LogP contribution >= 0.6 is 0 Å². The molecule has 0 aromatic rings. The van der Waals surface area contributed by atoms with Crippen LogP contribution in [-0.2, 0) is 4.79 Å². The summed E-state index contributed by atoms with van der Waals surface area (Å²) in [4.78, 5) is 16.0. The number of hydrogen-bond donors (Lipinski definition) is 2. The van der Waals surface area contributed by atoms with Gasteiger partial charge in [-0.25, -0.2) is 0 Å². The van der Waals surface area contributed by atoms with Gasteiger partial charge in [-0.1, -0.05) is 0 Å². The van der Waals surface area contributed by atoms with Crippen LogP contribution in [0.2, 0.25) is 0 Å². The smallest absolute Gasteiger partial charge is 0.223 e. The van der Waals surface area contributed by atoms with Crippen LogP contribution in [-0.4, -0.2) is 72.7 Å². The summed E-state index contributed by atoms with van der Waals surface area (Å²) in [6.45, 7) is 4.41. The van der Waals surface area contributed by atoms with E-state index in [4.69, 9.17) is 0 Å². The van der Waals surface area contributed by atoms with Gasteiger partial charge in [-0.05, 0) is 25.9 Å². The number of aliphatic hydroxyl groups is 1. The molecule has 0 unspecified atom stereocenters. The molecule has 2 aliphatic heterocycles. The number of rotatable bonds is 4. The molecule has 17 heavy (non-hydrogen) atoms. The minimum Gasteiger partial charge on any atom is -0.390 e. The molecule has 1 amide bonds. The van der Waals surface area contributed by atoms with Gasteiger partial charge >= 0.3 is 0 Å². The van der Waals surface area contributed by atoms with E-state index in [1.165, 1.54) is 12.8 Å². The second-order valence-electron chi connectivity index (χ2n) is 5.10. The summed E-state index contributed by atoms with van der Waals surface area (Å²) in [5.41, 5.74) is 0. The van der Waals surface area contributed by atoms with Gasteiger partial charge < -0.3 is 20.2 Å². The zero-order valence-electron chi connectivity index (χ0n) is 10.6. The average Bonchev–Trinajstić information content (AvgIpc) is 2.95. The molecule has 0 radical (unpaired) electrons. The largest absolute Gasteiger partial charge is 0.390 e. The van der Waals surface area contributed by atoms with Crippen molar-refractivity contribution < 1.29 is 9.90 Å². The van der Waals surface area contributed by atoms with Crippen LogP contribution in [0.15, 0.2) is 0 Å². The van der Waals surface area contributed by atoms with Gasteiger partial charge in [0.2, 0.25) is 5.91 Å². The Morgan fingerprint density at radius 2 is 2.12 bits per heavy atom. The number of amides is 1. The lowest BCUT2D eigenvalue weighted by Crippen LogP contribution is -2.45. The van der Waals surface area contributed by atoms with Crippen molar-refractivity contribution in [2.75, 3.05) is 39.8 Å². The van der Waals surface area contributed by atoms with Crippen LogP contribution in [0.5, 0.6) is 0 Å². The maximum absolute atomic E-state index is 12.0. The Labute approximate surface area is 103 Å². The van der Waals surface area contributed by atoms with E-state index in [2.05, 4.69) is 10.2 Å². The Balaban J connectivity index is 1.74. The lowest BCUT2D eigenvalue weighted by molar-refractivity contribution is -0.133. The van der Waals surface area contributed by atoms with E-state index in [-0.39, 0.29) is 11.9 Å². The topological polar surface area (TPSA) is 55.8 Å². The molecule has 0 aromatic carbocycles. The van der Waals surface area contributed by atoms with E-state index in [0.717, 1.165) is 19.6 Å². The van der Waals surface area contributed by atoms with E-state index in [1.807, 2.05) is 0 Å². The monoisotopic (exact) mass is 241 g/mol. The summed E-state index contributed by atoms with van der Waals surface area (Å²) in [6.07, 6.45) is 2.67. The number of aliphatic hydroxyl groups excluding tert-OH is 1. The molecule has 0 aromatic heterocycles. The second kappa shape index (κ2) is 5.80. The minimum atomic E-state index is -0.421. The molecule has 5 nitrogen and oxygen atoms in total. The van der Waals surface area contributed by atoms with Crippen molar-refractivity contribution in [1.82, 2.24) is 15.1 Å². The molecule has 5 heteroatoms. The maximum Gasteiger partial charge on any atom is 0.223 e. The summed E-state index contributed by atoms with van der Waals surface area (Å²) in [5.74, 6) is 0.143. The maximum atomic E-state index is 12.0. The number of carbonyl (C=O) groups excluding carboxylic acids is 1. The minimum absolute atomic E-state index is 0.0546. The molecular weight excluding hydrogens is 218 g/mol. The van der Waals surface area contributed by atoms with Crippen molar-refractivity contribution in [3.8, 4) is 0 Å². The summed E-state index contributed by atoms with van der Waals surface area (Å²) < 4.78 is 0. The molecule has 2 heterocycles. The Morgan fingerprint density at radius 1 is 1.41 bits per heavy atom. The molecular formula is C12H23N3O2. The van der Waals surface area contributed by atoms with Gasteiger partial charge in [0.15, 0.2) is 0 Å². The first-order valence-electron chi connectivity index (χ1n) is 6.55. The number of nitrogens with zero attached hydrogens (tertiary/aromatic N) is 2. The van der Waals surface area contributed by atoms with Crippen LogP contribution < -0.4 is 5.32 Å². The lowest BCUT2D eigenvalue weighted by Gasteiger charge is -2.27. The Bertz CT molecular complexity index is 266. The first kappa shape index (κ1) is 12.8. The first-order valence-corrected chi connectivity index (χ1v) is 6.55. The lowest BCUT2D eigenvalue weighted by atomic mass is 10.2. The van der Waals surface area contributed by atoms with Gasteiger partial charge in [0, 0.05) is 33.1 Å². The second-order valence-corrected chi connectivity index (χ2v) is 5.10. The van der Waals surface area contributed by atoms with Crippen molar-refractivity contribution in [1.29, 1.82) is 0 Å². The van der Waals surface area contributed by atoms with Crippen molar-refractivity contribution in [3.63, 3.8) is 0 Å². The number of nitrogens with one attached hydrogen (secondary N) is 1. The molecule has 2 N–H and O–H groups in total. The van der Waals surface area contributed by atoms with E-state index < -0.39 is 6.10 Å². The summed E-state index contributed by atoms with van der Waals surface area (Å²) in [6, 6.07) is -0.0546. The zero-order chi connectivity index (χ0) is 12.3. The van der Waals surface area contributed by atoms with Crippen molar-refractivity contribution in [3.05, 3.63) is 0 Å². The molecule has 2 aliphatic rings. The highest BCUT2D eigenvalue weighted by molar-refractivity contribution is 5.76. The standard InChI is InChI=1S/C12H23N3O2/c1-14(10-8-13-9-11(10)16)12(17)4-7-15-5-2-3-6-15/h10-11,13,16H,2-9H2,1H3/t10-,11-/m0/s1. The summed E-state index contributed by atoms with van der Waals surface area (Å²) in [7, 11) is 1.80. The summed E-state index contributed by atoms with van der Waals surface area (Å²) in [5, 5.41) is 12.8. The van der Waals surface area contributed by atoms with E-state index in [0.29, 0.717) is 19.5 Å². The highest BCUT2D eigenvalue weighted by atomic mass is 16.3. The van der Waals surface area contributed by atoms with Crippen LogP contribution in [0.4, 0.5) is 0 Å². The number of hydrogen-bond acceptors (Lipinski definition) is 4. The fraction of sp³-hybridized carbons (Fsp3) is 0.917. The highest BCUT2D eigenvalue weighted by Crippen LogP contribution is 2.11. The van der Waals surface area contributed by atoms with E-state index in [9.17, 15) is 9.90 Å². The third-order valence-electron chi connectivity index (χ3n) is 3.88. The van der Waals surface area contributed by atoms with E-state index in [1.54, 1.807) is 11.9 Å². The molecule has 0 aliphatic carbocycles. The fourth-order valence-corrected chi connectivity index (χ4v) is 2.67. The molecule has 0 spiro atoms. The third-order valence-corrected chi connectivity index (χ3v) is 3.88. The van der Waals surface area contributed by atoms with Crippen LogP contribution in [0.1, 0.15) is 19.3 Å². The fourth-order valence-electron chi connectivity index (χ4n) is 2.67. The number of carbonyl (C=O) groups is 1. The van der Waals surface area contributed by atoms with Crippen LogP contribution in [0.25, 0.3) is 0 Å². The number of β-amino-alcohol motifs (C(OH)–C–C–N with tert-alkyl or cyclic N) is 1. The van der Waals surface area contributed by atoms with Crippen molar-refractivity contribution >= 4 is 5.91 Å². The first-order chi connectivity index (χ1) is 8.18. The molecule has 0 saturated carbocycles. The normalized spacial score (nSPS) is 29.8. The van der Waals surface area contributed by atoms with Gasteiger partial charge in [0.1, 0.15) is 0 Å². The number of likely N-dealkylation sites (N-methyl/N-ethyl adjacent to an activating group) is 1. The molecule has 2 fully saturated rings. The van der Waals surface area contributed by atoms with Crippen molar-refractivity contribution in [2.24, 2.45) is 0 Å². The molecule has 2 rings (SSSR count).